The number of nitrogens with one attached hydrogen (secondary N) is 1. The van der Waals surface area contributed by atoms with Crippen LogP contribution in [-0.4, -0.2) is 26.1 Å². The minimum atomic E-state index is -4.63. The molecule has 3 nitrogen and oxygen atoms in total. The van der Waals surface area contributed by atoms with E-state index in [1.54, 1.807) is 6.07 Å². The first-order chi connectivity index (χ1) is 8.80. The first-order valence-electron chi connectivity index (χ1n) is 5.74. The smallest absolute Gasteiger partial charge is 0.341 e. The molecule has 108 valence electrons. The lowest BCUT2D eigenvalue weighted by atomic mass is 10.1. The number of rotatable bonds is 6. The second kappa shape index (κ2) is 6.52. The highest BCUT2D eigenvalue weighted by Crippen LogP contribution is 2.27. The summed E-state index contributed by atoms with van der Waals surface area (Å²) in [6.07, 6.45) is 0. The lowest BCUT2D eigenvalue weighted by Gasteiger charge is -2.22. The van der Waals surface area contributed by atoms with Gasteiger partial charge in [-0.25, -0.2) is 8.42 Å². The van der Waals surface area contributed by atoms with Gasteiger partial charge in [0, 0.05) is 11.9 Å². The van der Waals surface area contributed by atoms with Gasteiger partial charge in [-0.2, -0.15) is 8.78 Å². The van der Waals surface area contributed by atoms with Crippen LogP contribution in [0.25, 0.3) is 0 Å². The Morgan fingerprint density at radius 1 is 1.26 bits per heavy atom. The summed E-state index contributed by atoms with van der Waals surface area (Å²) in [6.45, 7) is 3.81. The quantitative estimate of drug-likeness (QED) is 0.819. The average molecular weight is 312 g/mol. The molecule has 7 heteroatoms. The molecule has 0 aliphatic carbocycles. The maximum absolute atomic E-state index is 12.6. The molecular formula is C12H16ClF2NO2S. The summed E-state index contributed by atoms with van der Waals surface area (Å²) in [5.41, 5.74) is 0.155. The van der Waals surface area contributed by atoms with Gasteiger partial charge in [-0.15, -0.1) is 11.6 Å². The van der Waals surface area contributed by atoms with Crippen molar-refractivity contribution in [3.05, 3.63) is 24.3 Å². The predicted molar refractivity (Wildman–Crippen MR) is 72.6 cm³/mol. The summed E-state index contributed by atoms with van der Waals surface area (Å²) in [5, 5.41) is 2.91. The molecule has 0 saturated carbocycles. The number of halogens is 3. The fourth-order valence-electron chi connectivity index (χ4n) is 1.51. The number of hydrogen-bond donors (Lipinski definition) is 1. The molecule has 0 aromatic heterocycles. The first kappa shape index (κ1) is 16.2. The van der Waals surface area contributed by atoms with Gasteiger partial charge in [0.15, 0.2) is 0 Å². The van der Waals surface area contributed by atoms with Crippen LogP contribution in [0.2, 0.25) is 0 Å². The van der Waals surface area contributed by atoms with Crippen LogP contribution in [0.15, 0.2) is 29.2 Å². The molecule has 0 bridgehead atoms. The minimum absolute atomic E-state index is 0.139. The molecule has 0 fully saturated rings. The van der Waals surface area contributed by atoms with E-state index in [-0.39, 0.29) is 23.5 Å². The van der Waals surface area contributed by atoms with Crippen LogP contribution >= 0.6 is 11.6 Å². The maximum Gasteiger partial charge on any atom is 0.341 e. The Kier molecular flexibility index (Phi) is 5.55. The van der Waals surface area contributed by atoms with Gasteiger partial charge in [-0.1, -0.05) is 26.0 Å². The van der Waals surface area contributed by atoms with Gasteiger partial charge in [0.2, 0.25) is 9.84 Å². The Balaban J connectivity index is 3.17. The van der Waals surface area contributed by atoms with Crippen molar-refractivity contribution in [2.24, 2.45) is 5.92 Å². The van der Waals surface area contributed by atoms with Crippen LogP contribution in [0.4, 0.5) is 14.5 Å². The number of sulfone groups is 1. The van der Waals surface area contributed by atoms with E-state index in [9.17, 15) is 17.2 Å². The fourth-order valence-corrected chi connectivity index (χ4v) is 2.84. The van der Waals surface area contributed by atoms with Crippen molar-refractivity contribution in [2.75, 3.05) is 11.2 Å². The molecule has 0 amide bonds. The lowest BCUT2D eigenvalue weighted by Crippen LogP contribution is -2.28. The van der Waals surface area contributed by atoms with Crippen molar-refractivity contribution in [1.29, 1.82) is 0 Å². The van der Waals surface area contributed by atoms with E-state index in [1.807, 2.05) is 13.8 Å². The van der Waals surface area contributed by atoms with Crippen LogP contribution in [0.5, 0.6) is 0 Å². The normalized spacial score (nSPS) is 13.8. The van der Waals surface area contributed by atoms with Gasteiger partial charge in [0.25, 0.3) is 0 Å². The second-order valence-electron chi connectivity index (χ2n) is 4.45. The van der Waals surface area contributed by atoms with E-state index < -0.39 is 20.5 Å². The summed E-state index contributed by atoms with van der Waals surface area (Å²) in [4.78, 5) is -0.402. The van der Waals surface area contributed by atoms with Gasteiger partial charge in [0.1, 0.15) is 0 Å². The third-order valence-electron chi connectivity index (χ3n) is 2.74. The molecule has 1 N–H and O–H groups in total. The van der Waals surface area contributed by atoms with Crippen LogP contribution in [0.1, 0.15) is 13.8 Å². The average Bonchev–Trinajstić information content (AvgIpc) is 2.35. The third-order valence-corrected chi connectivity index (χ3v) is 4.51. The van der Waals surface area contributed by atoms with E-state index in [4.69, 9.17) is 11.6 Å². The Bertz CT molecular complexity index is 520. The fraction of sp³-hybridized carbons (Fsp3) is 0.500. The zero-order valence-corrected chi connectivity index (χ0v) is 12.2. The highest BCUT2D eigenvalue weighted by molar-refractivity contribution is 7.91. The van der Waals surface area contributed by atoms with E-state index in [0.29, 0.717) is 0 Å². The standard InChI is InChI=1S/C12H16ClF2NO2S/c1-8(2)10(7-13)16-9-5-3-4-6-11(9)19(17,18)12(14)15/h3-6,8,10,12,16H,7H2,1-2H3. The van der Waals surface area contributed by atoms with Gasteiger partial charge < -0.3 is 5.32 Å². The van der Waals surface area contributed by atoms with Gasteiger partial charge >= 0.3 is 5.76 Å². The first-order valence-corrected chi connectivity index (χ1v) is 7.82. The van der Waals surface area contributed by atoms with E-state index in [2.05, 4.69) is 5.32 Å². The van der Waals surface area contributed by atoms with Crippen molar-refractivity contribution >= 4 is 27.1 Å². The Morgan fingerprint density at radius 3 is 2.32 bits per heavy atom. The molecule has 1 unspecified atom stereocenters. The molecule has 19 heavy (non-hydrogen) atoms. The Labute approximate surface area is 116 Å². The molecular weight excluding hydrogens is 296 g/mol. The van der Waals surface area contributed by atoms with E-state index in [1.165, 1.54) is 12.1 Å². The lowest BCUT2D eigenvalue weighted by molar-refractivity contribution is 0.235. The van der Waals surface area contributed by atoms with Crippen molar-refractivity contribution in [2.45, 2.75) is 30.5 Å². The van der Waals surface area contributed by atoms with Crippen LogP contribution in [0, 0.1) is 5.92 Å². The van der Waals surface area contributed by atoms with Crippen LogP contribution < -0.4 is 5.32 Å². The van der Waals surface area contributed by atoms with Crippen molar-refractivity contribution in [3.8, 4) is 0 Å². The molecule has 1 atom stereocenters. The molecule has 0 aliphatic rings. The summed E-state index contributed by atoms with van der Waals surface area (Å²) in [6, 6.07) is 5.41. The summed E-state index contributed by atoms with van der Waals surface area (Å²) in [7, 11) is -4.63. The molecule has 1 aromatic rings. The Morgan fingerprint density at radius 2 is 1.84 bits per heavy atom. The molecule has 1 rings (SSSR count). The molecule has 1 aromatic carbocycles. The summed E-state index contributed by atoms with van der Waals surface area (Å²) in [5.74, 6) is -3.05. The number of alkyl halides is 3. The summed E-state index contributed by atoms with van der Waals surface area (Å²) >= 11 is 5.78. The number of hydrogen-bond acceptors (Lipinski definition) is 3. The van der Waals surface area contributed by atoms with Crippen molar-refractivity contribution < 1.29 is 17.2 Å². The zero-order valence-electron chi connectivity index (χ0n) is 10.6. The Hall–Kier alpha value is -0.880. The second-order valence-corrected chi connectivity index (χ2v) is 6.65. The number of benzene rings is 1. The maximum atomic E-state index is 12.6. The van der Waals surface area contributed by atoms with E-state index >= 15 is 0 Å². The van der Waals surface area contributed by atoms with E-state index in [0.717, 1.165) is 6.07 Å². The topological polar surface area (TPSA) is 46.2 Å². The van der Waals surface area contributed by atoms with Crippen molar-refractivity contribution in [1.82, 2.24) is 0 Å². The highest BCUT2D eigenvalue weighted by atomic mass is 35.5. The van der Waals surface area contributed by atoms with Crippen LogP contribution in [0.3, 0.4) is 0 Å². The monoisotopic (exact) mass is 311 g/mol. The molecule has 0 heterocycles. The molecule has 0 radical (unpaired) electrons. The van der Waals surface area contributed by atoms with Crippen LogP contribution in [-0.2, 0) is 9.84 Å². The van der Waals surface area contributed by atoms with Crippen molar-refractivity contribution in [3.63, 3.8) is 0 Å². The predicted octanol–water partition coefficient (Wildman–Crippen LogP) is 3.36. The number of para-hydroxylation sites is 1. The zero-order chi connectivity index (χ0) is 14.6. The molecule has 0 spiro atoms. The highest BCUT2D eigenvalue weighted by Gasteiger charge is 2.29. The summed E-state index contributed by atoms with van der Waals surface area (Å²) < 4.78 is 48.4. The number of anilines is 1. The molecule has 0 saturated heterocycles. The SMILES string of the molecule is CC(C)C(CCl)Nc1ccccc1S(=O)(=O)C(F)F. The van der Waals surface area contributed by atoms with Gasteiger partial charge in [0.05, 0.1) is 10.6 Å². The van der Waals surface area contributed by atoms with Gasteiger partial charge in [-0.05, 0) is 18.1 Å². The largest absolute Gasteiger partial charge is 0.380 e. The minimum Gasteiger partial charge on any atom is -0.380 e. The third kappa shape index (κ3) is 3.79. The molecule has 0 aliphatic heterocycles. The van der Waals surface area contributed by atoms with Gasteiger partial charge in [-0.3, -0.25) is 0 Å².